The van der Waals surface area contributed by atoms with Crippen LogP contribution in [0.1, 0.15) is 0 Å². The van der Waals surface area contributed by atoms with Gasteiger partial charge in [-0.05, 0) is 36.4 Å². The van der Waals surface area contributed by atoms with Gasteiger partial charge in [0, 0.05) is 0 Å². The van der Waals surface area contributed by atoms with Crippen LogP contribution in [0.5, 0.6) is 0 Å². The van der Waals surface area contributed by atoms with E-state index in [4.69, 9.17) is 23.2 Å². The van der Waals surface area contributed by atoms with E-state index in [0.29, 0.717) is 11.4 Å². The van der Waals surface area contributed by atoms with E-state index in [-0.39, 0.29) is 21.5 Å². The maximum atomic E-state index is 13.1. The molecule has 0 aliphatic rings. The van der Waals surface area contributed by atoms with Crippen LogP contribution in [0, 0.1) is 0 Å². The summed E-state index contributed by atoms with van der Waals surface area (Å²) >= 11 is 11.6. The molecule has 0 bridgehead atoms. The highest BCUT2D eigenvalue weighted by molar-refractivity contribution is 7.92. The van der Waals surface area contributed by atoms with Crippen LogP contribution in [0.25, 0.3) is 5.69 Å². The number of hydrogen-bond acceptors (Lipinski definition) is 4. The minimum atomic E-state index is -3.83. The first-order chi connectivity index (χ1) is 13.4. The van der Waals surface area contributed by atoms with Crippen molar-refractivity contribution in [1.82, 2.24) is 9.78 Å². The van der Waals surface area contributed by atoms with Gasteiger partial charge in [-0.15, -0.1) is 6.58 Å². The number of halogens is 2. The monoisotopic (exact) mass is 435 g/mol. The number of sulfonamides is 1. The Labute approximate surface area is 172 Å². The lowest BCUT2D eigenvalue weighted by Crippen LogP contribution is -2.31. The molecular formula is C19H15Cl2N3O3S. The van der Waals surface area contributed by atoms with E-state index in [0.717, 1.165) is 4.68 Å². The fourth-order valence-electron chi connectivity index (χ4n) is 2.54. The molecule has 3 aromatic rings. The largest absolute Gasteiger partial charge is 0.291 e. The van der Waals surface area contributed by atoms with Crippen molar-refractivity contribution in [2.24, 2.45) is 0 Å². The van der Waals surface area contributed by atoms with Crippen molar-refractivity contribution in [1.29, 1.82) is 0 Å². The summed E-state index contributed by atoms with van der Waals surface area (Å²) in [6.07, 6.45) is 2.76. The van der Waals surface area contributed by atoms with E-state index >= 15 is 0 Å². The van der Waals surface area contributed by atoms with E-state index in [1.165, 1.54) is 40.8 Å². The van der Waals surface area contributed by atoms with Gasteiger partial charge in [-0.2, -0.15) is 9.78 Å². The molecule has 144 valence electrons. The second-order valence-electron chi connectivity index (χ2n) is 5.68. The summed E-state index contributed by atoms with van der Waals surface area (Å²) in [5, 5.41) is 3.82. The molecule has 0 saturated carbocycles. The number of hydrogen-bond donors (Lipinski definition) is 0. The molecule has 0 fully saturated rings. The van der Waals surface area contributed by atoms with Crippen LogP contribution in [-0.4, -0.2) is 24.7 Å². The fourth-order valence-corrected chi connectivity index (χ4v) is 4.23. The standard InChI is InChI=1S/C19H15Cl2N3O3S/c1-2-12-23(14-6-4-3-5-7-14)28(26,27)16-10-8-15(9-11-16)24-19(25)18(21)17(20)13-22-24/h2-11,13H,1,12H2. The number of anilines is 1. The molecule has 1 heterocycles. The number of nitrogens with zero attached hydrogens (tertiary/aromatic N) is 3. The van der Waals surface area contributed by atoms with Crippen molar-refractivity contribution in [3.8, 4) is 5.69 Å². The molecule has 0 saturated heterocycles. The Balaban J connectivity index is 2.01. The van der Waals surface area contributed by atoms with Crippen molar-refractivity contribution in [2.45, 2.75) is 4.90 Å². The molecular weight excluding hydrogens is 421 g/mol. The second kappa shape index (κ2) is 8.18. The Morgan fingerprint density at radius 2 is 1.71 bits per heavy atom. The Kier molecular flexibility index (Phi) is 5.88. The predicted octanol–water partition coefficient (Wildman–Crippen LogP) is 3.92. The summed E-state index contributed by atoms with van der Waals surface area (Å²) in [7, 11) is -3.83. The summed E-state index contributed by atoms with van der Waals surface area (Å²) in [6.45, 7) is 3.75. The third kappa shape index (κ3) is 3.82. The van der Waals surface area contributed by atoms with Crippen LogP contribution in [0.15, 0.2) is 83.1 Å². The first kappa shape index (κ1) is 20.1. The lowest BCUT2D eigenvalue weighted by Gasteiger charge is -2.23. The number of rotatable bonds is 6. The highest BCUT2D eigenvalue weighted by Crippen LogP contribution is 2.24. The molecule has 0 unspecified atom stereocenters. The van der Waals surface area contributed by atoms with Gasteiger partial charge in [0.15, 0.2) is 0 Å². The summed E-state index contributed by atoms with van der Waals surface area (Å²) in [5.74, 6) is 0. The SMILES string of the molecule is C=CCN(c1ccccc1)S(=O)(=O)c1ccc(-n2ncc(Cl)c(Cl)c2=O)cc1. The number of aromatic nitrogens is 2. The fraction of sp³-hybridized carbons (Fsp3) is 0.0526. The first-order valence-electron chi connectivity index (χ1n) is 8.08. The molecule has 1 aromatic heterocycles. The molecule has 3 rings (SSSR count). The van der Waals surface area contributed by atoms with Crippen LogP contribution < -0.4 is 9.86 Å². The molecule has 0 radical (unpaired) electrons. The van der Waals surface area contributed by atoms with E-state index in [1.807, 2.05) is 0 Å². The van der Waals surface area contributed by atoms with Gasteiger partial charge in [-0.1, -0.05) is 47.5 Å². The van der Waals surface area contributed by atoms with Gasteiger partial charge in [0.1, 0.15) is 5.02 Å². The van der Waals surface area contributed by atoms with Crippen molar-refractivity contribution in [3.63, 3.8) is 0 Å². The van der Waals surface area contributed by atoms with Crippen LogP contribution >= 0.6 is 23.2 Å². The molecule has 0 aliphatic carbocycles. The van der Waals surface area contributed by atoms with Crippen molar-refractivity contribution >= 4 is 38.9 Å². The quantitative estimate of drug-likeness (QED) is 0.550. The van der Waals surface area contributed by atoms with E-state index < -0.39 is 15.6 Å². The molecule has 0 N–H and O–H groups in total. The second-order valence-corrected chi connectivity index (χ2v) is 8.33. The Morgan fingerprint density at radius 3 is 2.32 bits per heavy atom. The average molecular weight is 436 g/mol. The third-order valence-corrected chi connectivity index (χ3v) is 6.44. The minimum Gasteiger partial charge on any atom is -0.266 e. The van der Waals surface area contributed by atoms with Gasteiger partial charge in [0.05, 0.1) is 34.0 Å². The molecule has 0 aliphatic heterocycles. The lowest BCUT2D eigenvalue weighted by molar-refractivity contribution is 0.593. The maximum absolute atomic E-state index is 13.1. The molecule has 0 spiro atoms. The molecule has 2 aromatic carbocycles. The summed E-state index contributed by atoms with van der Waals surface area (Å²) < 4.78 is 28.5. The summed E-state index contributed by atoms with van der Waals surface area (Å²) in [5.41, 5.74) is 0.286. The minimum absolute atomic E-state index is 0.0463. The predicted molar refractivity (Wildman–Crippen MR) is 111 cm³/mol. The van der Waals surface area contributed by atoms with E-state index in [2.05, 4.69) is 11.7 Å². The Hall–Kier alpha value is -2.61. The maximum Gasteiger partial charge on any atom is 0.291 e. The molecule has 9 heteroatoms. The highest BCUT2D eigenvalue weighted by atomic mass is 35.5. The highest BCUT2D eigenvalue weighted by Gasteiger charge is 2.24. The van der Waals surface area contributed by atoms with Crippen molar-refractivity contribution < 1.29 is 8.42 Å². The first-order valence-corrected chi connectivity index (χ1v) is 10.3. The van der Waals surface area contributed by atoms with Crippen LogP contribution in [0.2, 0.25) is 10.0 Å². The molecule has 0 atom stereocenters. The lowest BCUT2D eigenvalue weighted by atomic mass is 10.3. The molecule has 0 amide bonds. The van der Waals surface area contributed by atoms with Gasteiger partial charge in [-0.3, -0.25) is 9.10 Å². The number of benzene rings is 2. The number of para-hydroxylation sites is 1. The normalized spacial score (nSPS) is 11.2. The van der Waals surface area contributed by atoms with Crippen molar-refractivity contribution in [2.75, 3.05) is 10.8 Å². The van der Waals surface area contributed by atoms with E-state index in [9.17, 15) is 13.2 Å². The summed E-state index contributed by atoms with van der Waals surface area (Å²) in [6, 6.07) is 14.5. The zero-order chi connectivity index (χ0) is 20.3. The van der Waals surface area contributed by atoms with Crippen LogP contribution in [0.3, 0.4) is 0 Å². The topological polar surface area (TPSA) is 72.3 Å². The third-order valence-electron chi connectivity index (χ3n) is 3.88. The zero-order valence-electron chi connectivity index (χ0n) is 14.5. The average Bonchev–Trinajstić information content (AvgIpc) is 2.71. The van der Waals surface area contributed by atoms with Gasteiger partial charge in [0.25, 0.3) is 15.6 Å². The smallest absolute Gasteiger partial charge is 0.266 e. The van der Waals surface area contributed by atoms with Gasteiger partial charge in [0.2, 0.25) is 0 Å². The Bertz CT molecular complexity index is 1160. The van der Waals surface area contributed by atoms with Crippen molar-refractivity contribution in [3.05, 3.63) is 93.8 Å². The van der Waals surface area contributed by atoms with Gasteiger partial charge in [-0.25, -0.2) is 8.42 Å². The zero-order valence-corrected chi connectivity index (χ0v) is 16.8. The summed E-state index contributed by atoms with van der Waals surface area (Å²) in [4.78, 5) is 12.3. The van der Waals surface area contributed by atoms with Gasteiger partial charge >= 0.3 is 0 Å². The van der Waals surface area contributed by atoms with E-state index in [1.54, 1.807) is 30.3 Å². The van der Waals surface area contributed by atoms with Crippen LogP contribution in [-0.2, 0) is 10.0 Å². The molecule has 6 nitrogen and oxygen atoms in total. The Morgan fingerprint density at radius 1 is 1.07 bits per heavy atom. The van der Waals surface area contributed by atoms with Crippen LogP contribution in [0.4, 0.5) is 5.69 Å². The molecule has 28 heavy (non-hydrogen) atoms. The van der Waals surface area contributed by atoms with Gasteiger partial charge < -0.3 is 0 Å².